The maximum atomic E-state index is 3.69. The third-order valence-corrected chi connectivity index (χ3v) is 4.19. The average molecular weight is 260 g/mol. The molecule has 3 atom stereocenters. The molecule has 0 amide bonds. The van der Waals surface area contributed by atoms with E-state index in [9.17, 15) is 0 Å². The molecule has 2 heteroatoms. The summed E-state index contributed by atoms with van der Waals surface area (Å²) >= 11 is 0. The van der Waals surface area contributed by atoms with Gasteiger partial charge in [0.15, 0.2) is 0 Å². The summed E-state index contributed by atoms with van der Waals surface area (Å²) in [7, 11) is 0. The first-order chi connectivity index (χ1) is 9.25. The minimum Gasteiger partial charge on any atom is -0.314 e. The lowest BCUT2D eigenvalue weighted by atomic mass is 9.97. The van der Waals surface area contributed by atoms with Gasteiger partial charge in [-0.25, -0.2) is 0 Å². The van der Waals surface area contributed by atoms with Crippen molar-refractivity contribution in [2.75, 3.05) is 13.1 Å². The van der Waals surface area contributed by atoms with E-state index in [2.05, 4.69) is 54.8 Å². The van der Waals surface area contributed by atoms with Gasteiger partial charge in [0.25, 0.3) is 0 Å². The molecular weight excluding hydrogens is 232 g/mol. The molecule has 1 heterocycles. The van der Waals surface area contributed by atoms with Crippen LogP contribution < -0.4 is 10.6 Å². The zero-order valence-corrected chi connectivity index (χ0v) is 12.4. The highest BCUT2D eigenvalue weighted by Gasteiger charge is 2.16. The van der Waals surface area contributed by atoms with Crippen LogP contribution in [0.1, 0.15) is 51.0 Å². The molecule has 2 nitrogen and oxygen atoms in total. The van der Waals surface area contributed by atoms with Crippen LogP contribution in [0.25, 0.3) is 0 Å². The van der Waals surface area contributed by atoms with Crippen molar-refractivity contribution in [2.24, 2.45) is 0 Å². The first kappa shape index (κ1) is 14.5. The van der Waals surface area contributed by atoms with Crippen molar-refractivity contribution < 1.29 is 0 Å². The van der Waals surface area contributed by atoms with E-state index in [0.717, 1.165) is 12.6 Å². The second kappa shape index (κ2) is 7.66. The van der Waals surface area contributed by atoms with E-state index in [1.54, 1.807) is 0 Å². The van der Waals surface area contributed by atoms with Crippen LogP contribution in [0.5, 0.6) is 0 Å². The zero-order chi connectivity index (χ0) is 13.5. The summed E-state index contributed by atoms with van der Waals surface area (Å²) < 4.78 is 0. The SMILES string of the molecule is CC(CC1CCCCN1)NCC(C)c1ccccc1. The van der Waals surface area contributed by atoms with Crippen LogP contribution in [0.3, 0.4) is 0 Å². The Bertz CT molecular complexity index is 344. The summed E-state index contributed by atoms with van der Waals surface area (Å²) in [6, 6.07) is 12.1. The van der Waals surface area contributed by atoms with Gasteiger partial charge in [-0.3, -0.25) is 0 Å². The van der Waals surface area contributed by atoms with Gasteiger partial charge in [0, 0.05) is 18.6 Å². The van der Waals surface area contributed by atoms with Gasteiger partial charge < -0.3 is 10.6 Å². The van der Waals surface area contributed by atoms with E-state index in [0.29, 0.717) is 12.0 Å². The van der Waals surface area contributed by atoms with Gasteiger partial charge in [-0.2, -0.15) is 0 Å². The van der Waals surface area contributed by atoms with Crippen molar-refractivity contribution in [1.82, 2.24) is 10.6 Å². The Balaban J connectivity index is 1.69. The molecule has 0 bridgehead atoms. The summed E-state index contributed by atoms with van der Waals surface area (Å²) in [5.74, 6) is 0.586. The number of benzene rings is 1. The van der Waals surface area contributed by atoms with Gasteiger partial charge >= 0.3 is 0 Å². The van der Waals surface area contributed by atoms with E-state index in [-0.39, 0.29) is 0 Å². The number of nitrogens with one attached hydrogen (secondary N) is 2. The molecule has 1 aromatic rings. The smallest absolute Gasteiger partial charge is 0.00817 e. The Morgan fingerprint density at radius 2 is 2.00 bits per heavy atom. The maximum Gasteiger partial charge on any atom is 0.00817 e. The lowest BCUT2D eigenvalue weighted by molar-refractivity contribution is 0.343. The molecule has 3 unspecified atom stereocenters. The Labute approximate surface area is 118 Å². The molecule has 106 valence electrons. The summed E-state index contributed by atoms with van der Waals surface area (Å²) in [6.45, 7) is 6.89. The summed E-state index contributed by atoms with van der Waals surface area (Å²) in [5.41, 5.74) is 1.43. The molecule has 0 aliphatic carbocycles. The molecule has 1 saturated heterocycles. The fourth-order valence-corrected chi connectivity index (χ4v) is 2.91. The quantitative estimate of drug-likeness (QED) is 0.820. The summed E-state index contributed by atoms with van der Waals surface area (Å²) in [5, 5.41) is 7.32. The molecule has 0 spiro atoms. The van der Waals surface area contributed by atoms with E-state index in [1.165, 1.54) is 37.8 Å². The second-order valence-electron chi connectivity index (χ2n) is 6.00. The Kier molecular flexibility index (Phi) is 5.87. The fourth-order valence-electron chi connectivity index (χ4n) is 2.91. The van der Waals surface area contributed by atoms with Gasteiger partial charge in [-0.1, -0.05) is 43.7 Å². The standard InChI is InChI=1S/C17H28N2/c1-14(16-8-4-3-5-9-16)13-19-15(2)12-17-10-6-7-11-18-17/h3-5,8-9,14-15,17-19H,6-7,10-13H2,1-2H3. The summed E-state index contributed by atoms with van der Waals surface area (Å²) in [6.07, 6.45) is 5.34. The van der Waals surface area contributed by atoms with Gasteiger partial charge in [0.05, 0.1) is 0 Å². The topological polar surface area (TPSA) is 24.1 Å². The number of hydrogen-bond donors (Lipinski definition) is 2. The largest absolute Gasteiger partial charge is 0.314 e. The monoisotopic (exact) mass is 260 g/mol. The van der Waals surface area contributed by atoms with Gasteiger partial charge in [0.2, 0.25) is 0 Å². The number of hydrogen-bond acceptors (Lipinski definition) is 2. The molecular formula is C17H28N2. The lowest BCUT2D eigenvalue weighted by Crippen LogP contribution is -2.40. The zero-order valence-electron chi connectivity index (χ0n) is 12.4. The van der Waals surface area contributed by atoms with E-state index in [4.69, 9.17) is 0 Å². The molecule has 1 fully saturated rings. The molecule has 1 aliphatic rings. The van der Waals surface area contributed by atoms with E-state index in [1.807, 2.05) is 0 Å². The summed E-state index contributed by atoms with van der Waals surface area (Å²) in [4.78, 5) is 0. The van der Waals surface area contributed by atoms with Crippen LogP contribution in [0, 0.1) is 0 Å². The highest BCUT2D eigenvalue weighted by Crippen LogP contribution is 2.15. The molecule has 2 N–H and O–H groups in total. The van der Waals surface area contributed by atoms with E-state index < -0.39 is 0 Å². The number of rotatable bonds is 6. The third-order valence-electron chi connectivity index (χ3n) is 4.19. The minimum atomic E-state index is 0.586. The highest BCUT2D eigenvalue weighted by atomic mass is 15.0. The predicted molar refractivity (Wildman–Crippen MR) is 82.6 cm³/mol. The first-order valence-corrected chi connectivity index (χ1v) is 7.77. The molecule has 1 aromatic carbocycles. The van der Waals surface area contributed by atoms with Crippen molar-refractivity contribution in [3.63, 3.8) is 0 Å². The Morgan fingerprint density at radius 3 is 2.68 bits per heavy atom. The third kappa shape index (κ3) is 4.96. The van der Waals surface area contributed by atoms with Crippen molar-refractivity contribution in [1.29, 1.82) is 0 Å². The molecule has 2 rings (SSSR count). The van der Waals surface area contributed by atoms with Crippen LogP contribution >= 0.6 is 0 Å². The van der Waals surface area contributed by atoms with Crippen molar-refractivity contribution in [3.8, 4) is 0 Å². The molecule has 0 radical (unpaired) electrons. The van der Waals surface area contributed by atoms with Gasteiger partial charge in [-0.05, 0) is 44.2 Å². The van der Waals surface area contributed by atoms with Gasteiger partial charge in [0.1, 0.15) is 0 Å². The van der Waals surface area contributed by atoms with Gasteiger partial charge in [-0.15, -0.1) is 0 Å². The van der Waals surface area contributed by atoms with Crippen LogP contribution in [-0.2, 0) is 0 Å². The van der Waals surface area contributed by atoms with Crippen LogP contribution in [0.2, 0.25) is 0 Å². The van der Waals surface area contributed by atoms with Crippen LogP contribution in [0.4, 0.5) is 0 Å². The van der Waals surface area contributed by atoms with Crippen molar-refractivity contribution in [2.45, 2.75) is 57.5 Å². The van der Waals surface area contributed by atoms with Crippen LogP contribution in [-0.4, -0.2) is 25.2 Å². The molecule has 0 saturated carbocycles. The average Bonchev–Trinajstić information content (AvgIpc) is 2.47. The van der Waals surface area contributed by atoms with Crippen molar-refractivity contribution in [3.05, 3.63) is 35.9 Å². The highest BCUT2D eigenvalue weighted by molar-refractivity contribution is 5.18. The number of piperidine rings is 1. The Morgan fingerprint density at radius 1 is 1.21 bits per heavy atom. The van der Waals surface area contributed by atoms with Crippen LogP contribution in [0.15, 0.2) is 30.3 Å². The Hall–Kier alpha value is -0.860. The maximum absolute atomic E-state index is 3.69. The molecule has 19 heavy (non-hydrogen) atoms. The normalized spacial score (nSPS) is 22.9. The molecule has 0 aromatic heterocycles. The van der Waals surface area contributed by atoms with Crippen molar-refractivity contribution >= 4 is 0 Å². The minimum absolute atomic E-state index is 0.586. The fraction of sp³-hybridized carbons (Fsp3) is 0.647. The van der Waals surface area contributed by atoms with E-state index >= 15 is 0 Å². The lowest BCUT2D eigenvalue weighted by Gasteiger charge is -2.27. The molecule has 1 aliphatic heterocycles. The first-order valence-electron chi connectivity index (χ1n) is 7.77. The predicted octanol–water partition coefficient (Wildman–Crippen LogP) is 3.30. The second-order valence-corrected chi connectivity index (χ2v) is 6.00.